The molecule has 138 valence electrons. The number of aryl methyl sites for hydroxylation is 2. The second-order valence-corrected chi connectivity index (χ2v) is 7.26. The number of carboxylic acids is 1. The van der Waals surface area contributed by atoms with Gasteiger partial charge in [0.25, 0.3) is 0 Å². The summed E-state index contributed by atoms with van der Waals surface area (Å²) in [5.74, 6) is -1.52. The standard InChI is InChI=1S/C20H17ClN2O4/c1-10-5-11(2)18-16(6-10)22-19(27-18)14-8-13(3-4-15(14)21)23-9-12(20(25)26)7-17(23)24/h3-6,8,12H,7,9H2,1-2H3,(H,25,26)/t12-/m1/s1. The number of carbonyl (C=O) groups excluding carboxylic acids is 1. The van der Waals surface area contributed by atoms with Crippen molar-refractivity contribution in [1.82, 2.24) is 4.98 Å². The summed E-state index contributed by atoms with van der Waals surface area (Å²) < 4.78 is 5.93. The number of amides is 1. The molecule has 0 saturated carbocycles. The first-order valence-corrected chi connectivity index (χ1v) is 8.92. The molecule has 1 aliphatic rings. The number of aromatic nitrogens is 1. The number of rotatable bonds is 3. The predicted octanol–water partition coefficient (Wildman–Crippen LogP) is 4.20. The third-order valence-corrected chi connectivity index (χ3v) is 5.12. The van der Waals surface area contributed by atoms with Crippen LogP contribution in [0.2, 0.25) is 5.02 Å². The van der Waals surface area contributed by atoms with E-state index < -0.39 is 11.9 Å². The Morgan fingerprint density at radius 3 is 2.78 bits per heavy atom. The normalized spacial score (nSPS) is 17.1. The maximum atomic E-state index is 12.2. The lowest BCUT2D eigenvalue weighted by Gasteiger charge is -2.17. The first-order chi connectivity index (χ1) is 12.8. The van der Waals surface area contributed by atoms with Crippen molar-refractivity contribution in [3.05, 3.63) is 46.5 Å². The molecule has 0 bridgehead atoms. The fourth-order valence-electron chi connectivity index (χ4n) is 3.46. The van der Waals surface area contributed by atoms with E-state index in [2.05, 4.69) is 4.98 Å². The van der Waals surface area contributed by atoms with Crippen molar-refractivity contribution in [2.24, 2.45) is 5.92 Å². The van der Waals surface area contributed by atoms with Crippen molar-refractivity contribution in [2.45, 2.75) is 20.3 Å². The number of hydrogen-bond acceptors (Lipinski definition) is 4. The van der Waals surface area contributed by atoms with Crippen molar-refractivity contribution in [2.75, 3.05) is 11.4 Å². The Kier molecular flexibility index (Phi) is 4.15. The molecule has 6 nitrogen and oxygen atoms in total. The fraction of sp³-hybridized carbons (Fsp3) is 0.250. The lowest BCUT2D eigenvalue weighted by atomic mass is 10.1. The third-order valence-electron chi connectivity index (χ3n) is 4.79. The van der Waals surface area contributed by atoms with Crippen LogP contribution in [0.1, 0.15) is 17.5 Å². The molecule has 1 aromatic heterocycles. The van der Waals surface area contributed by atoms with E-state index in [-0.39, 0.29) is 18.9 Å². The molecule has 1 amide bonds. The third kappa shape index (κ3) is 3.06. The molecule has 1 aliphatic heterocycles. The Labute approximate surface area is 160 Å². The van der Waals surface area contributed by atoms with E-state index in [1.54, 1.807) is 18.2 Å². The van der Waals surface area contributed by atoms with Crippen molar-refractivity contribution < 1.29 is 19.1 Å². The van der Waals surface area contributed by atoms with E-state index in [4.69, 9.17) is 16.0 Å². The van der Waals surface area contributed by atoms with Crippen LogP contribution in [-0.2, 0) is 9.59 Å². The molecule has 2 heterocycles. The molecule has 1 N–H and O–H groups in total. The number of aliphatic carboxylic acids is 1. The zero-order valence-corrected chi connectivity index (χ0v) is 15.6. The summed E-state index contributed by atoms with van der Waals surface area (Å²) in [5.41, 5.74) is 4.65. The van der Waals surface area contributed by atoms with E-state index in [0.29, 0.717) is 27.7 Å². The first-order valence-electron chi connectivity index (χ1n) is 8.54. The van der Waals surface area contributed by atoms with Crippen LogP contribution in [0.15, 0.2) is 34.7 Å². The highest BCUT2D eigenvalue weighted by atomic mass is 35.5. The van der Waals surface area contributed by atoms with Crippen molar-refractivity contribution in [3.8, 4) is 11.5 Å². The van der Waals surface area contributed by atoms with Crippen molar-refractivity contribution in [3.63, 3.8) is 0 Å². The number of nitrogens with zero attached hydrogens (tertiary/aromatic N) is 2. The molecule has 1 saturated heterocycles. The van der Waals surface area contributed by atoms with Crippen LogP contribution in [0, 0.1) is 19.8 Å². The lowest BCUT2D eigenvalue weighted by Crippen LogP contribution is -2.25. The summed E-state index contributed by atoms with van der Waals surface area (Å²) in [6.45, 7) is 4.09. The zero-order chi connectivity index (χ0) is 19.3. The molecular weight excluding hydrogens is 368 g/mol. The molecule has 0 spiro atoms. The van der Waals surface area contributed by atoms with Gasteiger partial charge in [-0.05, 0) is 49.2 Å². The summed E-state index contributed by atoms with van der Waals surface area (Å²) in [6, 6.07) is 9.04. The van der Waals surface area contributed by atoms with E-state index >= 15 is 0 Å². The number of hydrogen-bond donors (Lipinski definition) is 1. The van der Waals surface area contributed by atoms with Crippen LogP contribution in [-0.4, -0.2) is 28.5 Å². The minimum absolute atomic E-state index is 0.00531. The van der Waals surface area contributed by atoms with Gasteiger partial charge in [-0.2, -0.15) is 0 Å². The highest BCUT2D eigenvalue weighted by molar-refractivity contribution is 6.33. The number of fused-ring (bicyclic) bond motifs is 1. The van der Waals surface area contributed by atoms with Crippen LogP contribution in [0.3, 0.4) is 0 Å². The Morgan fingerprint density at radius 1 is 1.30 bits per heavy atom. The topological polar surface area (TPSA) is 83.6 Å². The molecule has 1 atom stereocenters. The molecule has 0 radical (unpaired) electrons. The SMILES string of the molecule is Cc1cc(C)c2oc(-c3cc(N4C[C@H](C(=O)O)CC4=O)ccc3Cl)nc2c1. The smallest absolute Gasteiger partial charge is 0.308 e. The van der Waals surface area contributed by atoms with Crippen LogP contribution in [0.5, 0.6) is 0 Å². The summed E-state index contributed by atoms with van der Waals surface area (Å²) in [6.07, 6.45) is -0.00531. The van der Waals surface area contributed by atoms with Crippen LogP contribution < -0.4 is 4.90 Å². The number of oxazole rings is 1. The largest absolute Gasteiger partial charge is 0.481 e. The molecular formula is C20H17ClN2O4. The maximum absolute atomic E-state index is 12.2. The molecule has 4 rings (SSSR count). The molecule has 7 heteroatoms. The predicted molar refractivity (Wildman–Crippen MR) is 102 cm³/mol. The summed E-state index contributed by atoms with van der Waals surface area (Å²) in [5, 5.41) is 9.62. The van der Waals surface area contributed by atoms with Gasteiger partial charge in [0.1, 0.15) is 5.52 Å². The Balaban J connectivity index is 1.77. The molecule has 2 aromatic carbocycles. The van der Waals surface area contributed by atoms with Crippen molar-refractivity contribution >= 4 is 40.3 Å². The summed E-state index contributed by atoms with van der Waals surface area (Å²) >= 11 is 6.35. The second-order valence-electron chi connectivity index (χ2n) is 6.86. The molecule has 1 fully saturated rings. The molecule has 27 heavy (non-hydrogen) atoms. The molecule has 0 unspecified atom stereocenters. The van der Waals surface area contributed by atoms with Gasteiger partial charge in [-0.3, -0.25) is 9.59 Å². The Morgan fingerprint density at radius 2 is 2.07 bits per heavy atom. The van der Waals surface area contributed by atoms with Gasteiger partial charge in [-0.25, -0.2) is 4.98 Å². The Bertz CT molecular complexity index is 1090. The highest BCUT2D eigenvalue weighted by Gasteiger charge is 2.35. The monoisotopic (exact) mass is 384 g/mol. The molecule has 3 aromatic rings. The molecule has 0 aliphatic carbocycles. The van der Waals surface area contributed by atoms with Crippen LogP contribution >= 0.6 is 11.6 Å². The van der Waals surface area contributed by atoms with E-state index in [1.807, 2.05) is 26.0 Å². The highest BCUT2D eigenvalue weighted by Crippen LogP contribution is 2.36. The summed E-state index contributed by atoms with van der Waals surface area (Å²) in [7, 11) is 0. The average Bonchev–Trinajstić information content (AvgIpc) is 3.19. The van der Waals surface area contributed by atoms with E-state index in [1.165, 1.54) is 4.90 Å². The number of anilines is 1. The van der Waals surface area contributed by atoms with Crippen molar-refractivity contribution in [1.29, 1.82) is 0 Å². The van der Waals surface area contributed by atoms with Gasteiger partial charge in [0.2, 0.25) is 11.8 Å². The minimum Gasteiger partial charge on any atom is -0.481 e. The number of carbonyl (C=O) groups is 2. The average molecular weight is 385 g/mol. The zero-order valence-electron chi connectivity index (χ0n) is 14.8. The van der Waals surface area contributed by atoms with Gasteiger partial charge in [0, 0.05) is 18.7 Å². The maximum Gasteiger partial charge on any atom is 0.308 e. The number of carboxylic acid groups (broad SMARTS) is 1. The van der Waals surface area contributed by atoms with E-state index in [9.17, 15) is 14.7 Å². The summed E-state index contributed by atoms with van der Waals surface area (Å²) in [4.78, 5) is 29.5. The van der Waals surface area contributed by atoms with Gasteiger partial charge in [0.15, 0.2) is 5.58 Å². The van der Waals surface area contributed by atoms with E-state index in [0.717, 1.165) is 16.6 Å². The lowest BCUT2D eigenvalue weighted by molar-refractivity contribution is -0.141. The van der Waals surface area contributed by atoms with Crippen LogP contribution in [0.25, 0.3) is 22.6 Å². The fourth-order valence-corrected chi connectivity index (χ4v) is 3.66. The first kappa shape index (κ1) is 17.5. The quantitative estimate of drug-likeness (QED) is 0.731. The number of halogens is 1. The number of benzene rings is 2. The Hall–Kier alpha value is -2.86. The van der Waals surface area contributed by atoms with Gasteiger partial charge in [-0.1, -0.05) is 17.7 Å². The van der Waals surface area contributed by atoms with Gasteiger partial charge in [-0.15, -0.1) is 0 Å². The van der Waals surface area contributed by atoms with Crippen LogP contribution in [0.4, 0.5) is 5.69 Å². The van der Waals surface area contributed by atoms with Gasteiger partial charge < -0.3 is 14.4 Å². The second kappa shape index (κ2) is 6.39. The minimum atomic E-state index is -0.968. The van der Waals surface area contributed by atoms with Gasteiger partial charge >= 0.3 is 5.97 Å². The van der Waals surface area contributed by atoms with Gasteiger partial charge in [0.05, 0.1) is 16.5 Å².